The van der Waals surface area contributed by atoms with Crippen molar-refractivity contribution >= 4 is 21.6 Å². The molecule has 0 heterocycles. The molecule has 1 fully saturated rings. The fourth-order valence-corrected chi connectivity index (χ4v) is 4.43. The van der Waals surface area contributed by atoms with Gasteiger partial charge in [-0.3, -0.25) is 4.79 Å². The molecule has 2 aromatic rings. The van der Waals surface area contributed by atoms with Crippen molar-refractivity contribution in [2.45, 2.75) is 43.6 Å². The van der Waals surface area contributed by atoms with E-state index in [1.165, 1.54) is 32.1 Å². The molecule has 1 aliphatic rings. The first-order valence-corrected chi connectivity index (χ1v) is 11.5. The average Bonchev–Trinajstić information content (AvgIpc) is 3.23. The first-order chi connectivity index (χ1) is 14.4. The summed E-state index contributed by atoms with van der Waals surface area (Å²) in [7, 11) is -2.23. The summed E-state index contributed by atoms with van der Waals surface area (Å²) < 4.78 is 38.1. The molecule has 1 aliphatic carbocycles. The maximum Gasteiger partial charge on any atom is 0.255 e. The molecule has 7 nitrogen and oxygen atoms in total. The molecule has 8 heteroatoms. The second kappa shape index (κ2) is 10.1. The van der Waals surface area contributed by atoms with Gasteiger partial charge in [-0.2, -0.15) is 0 Å². The van der Waals surface area contributed by atoms with Gasteiger partial charge in [0.05, 0.1) is 17.6 Å². The van der Waals surface area contributed by atoms with Crippen molar-refractivity contribution in [3.8, 4) is 5.75 Å². The number of benzene rings is 2. The van der Waals surface area contributed by atoms with E-state index in [9.17, 15) is 13.2 Å². The molecule has 0 spiro atoms. The van der Waals surface area contributed by atoms with E-state index < -0.39 is 10.0 Å². The first-order valence-electron chi connectivity index (χ1n) is 10.1. The average molecular weight is 433 g/mol. The molecule has 1 saturated carbocycles. The van der Waals surface area contributed by atoms with Gasteiger partial charge in [0.1, 0.15) is 5.75 Å². The summed E-state index contributed by atoms with van der Waals surface area (Å²) in [6.45, 7) is 2.19. The Balaban J connectivity index is 1.68. The largest absolute Gasteiger partial charge is 0.490 e. The lowest BCUT2D eigenvalue weighted by Crippen LogP contribution is -2.27. The second-order valence-electron chi connectivity index (χ2n) is 7.37. The van der Waals surface area contributed by atoms with E-state index in [0.717, 1.165) is 18.6 Å². The summed E-state index contributed by atoms with van der Waals surface area (Å²) in [4.78, 5) is 12.8. The van der Waals surface area contributed by atoms with Crippen LogP contribution in [0.15, 0.2) is 47.4 Å². The third-order valence-corrected chi connectivity index (χ3v) is 6.54. The fourth-order valence-electron chi connectivity index (χ4n) is 3.39. The number of rotatable bonds is 9. The lowest BCUT2D eigenvalue weighted by molar-refractivity contribution is 0.102. The number of amides is 1. The van der Waals surface area contributed by atoms with Crippen molar-refractivity contribution in [3.63, 3.8) is 0 Å². The van der Waals surface area contributed by atoms with Crippen molar-refractivity contribution in [2.75, 3.05) is 25.6 Å². The Labute approximate surface area is 177 Å². The minimum Gasteiger partial charge on any atom is -0.490 e. The zero-order valence-corrected chi connectivity index (χ0v) is 18.1. The minimum atomic E-state index is -3.72. The molecule has 0 bridgehead atoms. The van der Waals surface area contributed by atoms with E-state index in [2.05, 4.69) is 10.0 Å². The molecular weight excluding hydrogens is 404 g/mol. The molecule has 0 radical (unpaired) electrons. The number of sulfonamides is 1. The molecule has 30 heavy (non-hydrogen) atoms. The third-order valence-electron chi connectivity index (χ3n) is 5.08. The number of hydrogen-bond acceptors (Lipinski definition) is 5. The molecule has 0 aliphatic heterocycles. The highest BCUT2D eigenvalue weighted by molar-refractivity contribution is 7.89. The van der Waals surface area contributed by atoms with Gasteiger partial charge in [0, 0.05) is 24.9 Å². The third kappa shape index (κ3) is 5.81. The number of carbonyl (C=O) groups is 1. The minimum absolute atomic E-state index is 0.0367. The van der Waals surface area contributed by atoms with E-state index in [0.29, 0.717) is 16.8 Å². The maximum atomic E-state index is 12.8. The van der Waals surface area contributed by atoms with Gasteiger partial charge in [-0.1, -0.05) is 6.07 Å². The van der Waals surface area contributed by atoms with Gasteiger partial charge >= 0.3 is 0 Å². The molecule has 2 N–H and O–H groups in total. The molecule has 0 aromatic heterocycles. The van der Waals surface area contributed by atoms with Crippen LogP contribution in [-0.2, 0) is 14.8 Å². The predicted octanol–water partition coefficient (Wildman–Crippen LogP) is 3.49. The summed E-state index contributed by atoms with van der Waals surface area (Å²) in [6.07, 6.45) is 4.84. The Morgan fingerprint density at radius 3 is 2.47 bits per heavy atom. The molecule has 0 saturated heterocycles. The lowest BCUT2D eigenvalue weighted by atomic mass is 10.1. The molecule has 3 rings (SSSR count). The van der Waals surface area contributed by atoms with Crippen molar-refractivity contribution in [1.29, 1.82) is 0 Å². The summed E-state index contributed by atoms with van der Waals surface area (Å²) in [6, 6.07) is 11.7. The summed E-state index contributed by atoms with van der Waals surface area (Å²) >= 11 is 0. The van der Waals surface area contributed by atoms with Crippen molar-refractivity contribution < 1.29 is 22.7 Å². The Morgan fingerprint density at radius 2 is 1.80 bits per heavy atom. The van der Waals surface area contributed by atoms with Crippen LogP contribution in [0.25, 0.3) is 0 Å². The highest BCUT2D eigenvalue weighted by Crippen LogP contribution is 2.25. The predicted molar refractivity (Wildman–Crippen MR) is 116 cm³/mol. The maximum absolute atomic E-state index is 12.8. The number of carbonyl (C=O) groups excluding carboxylic acids is 1. The Morgan fingerprint density at radius 1 is 1.10 bits per heavy atom. The monoisotopic (exact) mass is 432 g/mol. The second-order valence-corrected chi connectivity index (χ2v) is 9.14. The van der Waals surface area contributed by atoms with Crippen LogP contribution in [0.2, 0.25) is 0 Å². The van der Waals surface area contributed by atoms with Crippen molar-refractivity contribution in [1.82, 2.24) is 4.72 Å². The Bertz CT molecular complexity index is 968. The molecule has 162 valence electrons. The zero-order valence-electron chi connectivity index (χ0n) is 17.3. The van der Waals surface area contributed by atoms with Gasteiger partial charge in [0.2, 0.25) is 10.0 Å². The Hall–Kier alpha value is -2.42. The van der Waals surface area contributed by atoms with Crippen molar-refractivity contribution in [3.05, 3.63) is 53.6 Å². The summed E-state index contributed by atoms with van der Waals surface area (Å²) in [5, 5.41) is 2.82. The van der Waals surface area contributed by atoms with E-state index in [4.69, 9.17) is 9.47 Å². The van der Waals surface area contributed by atoms with Crippen LogP contribution in [0.3, 0.4) is 0 Å². The van der Waals surface area contributed by atoms with Crippen LogP contribution in [0.5, 0.6) is 5.75 Å². The van der Waals surface area contributed by atoms with Gasteiger partial charge in [-0.05, 0) is 74.6 Å². The van der Waals surface area contributed by atoms with Gasteiger partial charge < -0.3 is 14.8 Å². The highest BCUT2D eigenvalue weighted by atomic mass is 32.2. The lowest BCUT2D eigenvalue weighted by Gasteiger charge is -2.14. The van der Waals surface area contributed by atoms with Crippen LogP contribution in [0, 0.1) is 6.92 Å². The summed E-state index contributed by atoms with van der Waals surface area (Å²) in [5.41, 5.74) is 1.60. The molecular formula is C22H28N2O5S. The molecule has 0 atom stereocenters. The Kier molecular flexibility index (Phi) is 7.47. The normalized spacial score (nSPS) is 14.6. The van der Waals surface area contributed by atoms with Gasteiger partial charge in [-0.25, -0.2) is 13.1 Å². The van der Waals surface area contributed by atoms with E-state index >= 15 is 0 Å². The number of hydrogen-bond donors (Lipinski definition) is 2. The number of aryl methyl sites for hydroxylation is 1. The molecule has 0 unspecified atom stereocenters. The standard InChI is InChI=1S/C22H28N2O5S/c1-16-7-12-20(30(26,27)23-13-14-28-2)15-21(16)22(25)24-17-8-10-19(11-9-17)29-18-5-3-4-6-18/h7-12,15,18,23H,3-6,13-14H2,1-2H3,(H,24,25). The van der Waals surface area contributed by atoms with E-state index in [1.54, 1.807) is 25.1 Å². The quantitative estimate of drug-likeness (QED) is 0.592. The van der Waals surface area contributed by atoms with Crippen LogP contribution < -0.4 is 14.8 Å². The van der Waals surface area contributed by atoms with Gasteiger partial charge in [-0.15, -0.1) is 0 Å². The van der Waals surface area contributed by atoms with Crippen LogP contribution in [0.4, 0.5) is 5.69 Å². The number of anilines is 1. The zero-order chi connectivity index (χ0) is 21.6. The topological polar surface area (TPSA) is 93.7 Å². The SMILES string of the molecule is COCCNS(=O)(=O)c1ccc(C)c(C(=O)Nc2ccc(OC3CCCC3)cc2)c1. The van der Waals surface area contributed by atoms with Crippen molar-refractivity contribution in [2.24, 2.45) is 0 Å². The van der Waals surface area contributed by atoms with Crippen LogP contribution >= 0.6 is 0 Å². The van der Waals surface area contributed by atoms with Crippen LogP contribution in [0.1, 0.15) is 41.6 Å². The van der Waals surface area contributed by atoms with Gasteiger partial charge in [0.15, 0.2) is 0 Å². The van der Waals surface area contributed by atoms with E-state index in [1.807, 2.05) is 12.1 Å². The molecule has 2 aromatic carbocycles. The summed E-state index contributed by atoms with van der Waals surface area (Å²) in [5.74, 6) is 0.414. The van der Waals surface area contributed by atoms with E-state index in [-0.39, 0.29) is 30.1 Å². The molecule has 1 amide bonds. The number of ether oxygens (including phenoxy) is 2. The highest BCUT2D eigenvalue weighted by Gasteiger charge is 2.19. The fraction of sp³-hybridized carbons (Fsp3) is 0.409. The first kappa shape index (κ1) is 22.3. The number of nitrogens with one attached hydrogen (secondary N) is 2. The number of methoxy groups -OCH3 is 1. The van der Waals surface area contributed by atoms with Crippen LogP contribution in [-0.4, -0.2) is 40.7 Å². The van der Waals surface area contributed by atoms with Gasteiger partial charge in [0.25, 0.3) is 5.91 Å². The smallest absolute Gasteiger partial charge is 0.255 e.